The predicted octanol–water partition coefficient (Wildman–Crippen LogP) is 2.15. The molecule has 0 radical (unpaired) electrons. The van der Waals surface area contributed by atoms with Crippen molar-refractivity contribution >= 4 is 28.0 Å². The molecule has 0 unspecified atom stereocenters. The summed E-state index contributed by atoms with van der Waals surface area (Å²) in [4.78, 5) is 14.7. The number of aryl methyl sites for hydroxylation is 1. The van der Waals surface area contributed by atoms with Crippen LogP contribution in [0.2, 0.25) is 0 Å². The number of nitriles is 1. The zero-order valence-corrected chi connectivity index (χ0v) is 10.1. The van der Waals surface area contributed by atoms with E-state index in [-0.39, 0.29) is 16.4 Å². The molecule has 0 aliphatic carbocycles. The van der Waals surface area contributed by atoms with Crippen LogP contribution in [0.15, 0.2) is 12.1 Å². The van der Waals surface area contributed by atoms with Crippen molar-refractivity contribution in [2.75, 3.05) is 0 Å². The number of rotatable bonds is 3. The summed E-state index contributed by atoms with van der Waals surface area (Å²) in [5, 5.41) is 26.1. The minimum atomic E-state index is -0.467. The molecule has 8 heteroatoms. The summed E-state index contributed by atoms with van der Waals surface area (Å²) in [6.07, 6.45) is 1.53. The Morgan fingerprint density at radius 3 is 2.94 bits per heavy atom. The van der Waals surface area contributed by atoms with E-state index in [9.17, 15) is 10.1 Å². The third-order valence-electron chi connectivity index (χ3n) is 2.04. The number of nitro groups is 1. The second-order valence-electron chi connectivity index (χ2n) is 3.35. The number of aromatic nitrogens is 3. The molecule has 0 saturated carbocycles. The van der Waals surface area contributed by atoms with Crippen molar-refractivity contribution in [3.05, 3.63) is 38.8 Å². The number of nitrogens with one attached hydrogen (secondary N) is 1. The van der Waals surface area contributed by atoms with Gasteiger partial charge in [0, 0.05) is 10.9 Å². The van der Waals surface area contributed by atoms with Gasteiger partial charge in [-0.2, -0.15) is 10.4 Å². The first-order chi connectivity index (χ1) is 8.60. The molecule has 2 heterocycles. The van der Waals surface area contributed by atoms with Crippen LogP contribution in [-0.2, 0) is 0 Å². The van der Waals surface area contributed by atoms with Crippen molar-refractivity contribution in [1.82, 2.24) is 15.2 Å². The summed E-state index contributed by atoms with van der Waals surface area (Å²) in [5.74, 6) is 0.884. The highest BCUT2D eigenvalue weighted by Gasteiger charge is 2.11. The molecule has 2 rings (SSSR count). The van der Waals surface area contributed by atoms with Crippen molar-refractivity contribution in [3.8, 4) is 6.07 Å². The second kappa shape index (κ2) is 4.77. The molecule has 18 heavy (non-hydrogen) atoms. The van der Waals surface area contributed by atoms with Gasteiger partial charge in [-0.05, 0) is 19.1 Å². The first kappa shape index (κ1) is 11.9. The highest BCUT2D eigenvalue weighted by molar-refractivity contribution is 7.16. The molecule has 2 aromatic heterocycles. The van der Waals surface area contributed by atoms with Gasteiger partial charge in [0.15, 0.2) is 5.82 Å². The third-order valence-corrected chi connectivity index (χ3v) is 3.02. The molecular formula is C10H7N5O2S. The van der Waals surface area contributed by atoms with E-state index in [1.807, 2.05) is 6.07 Å². The van der Waals surface area contributed by atoms with E-state index in [1.54, 1.807) is 13.0 Å². The number of allylic oxidation sites excluding steroid dienone is 1. The fraction of sp³-hybridized carbons (Fsp3) is 0.100. The summed E-state index contributed by atoms with van der Waals surface area (Å²) >= 11 is 0.994. The van der Waals surface area contributed by atoms with Crippen LogP contribution in [0, 0.1) is 28.4 Å². The van der Waals surface area contributed by atoms with Gasteiger partial charge < -0.3 is 0 Å². The molecule has 0 aromatic carbocycles. The monoisotopic (exact) mass is 261 g/mol. The maximum Gasteiger partial charge on any atom is 0.324 e. The summed E-state index contributed by atoms with van der Waals surface area (Å²) in [6, 6.07) is 4.95. The van der Waals surface area contributed by atoms with Gasteiger partial charge in [0.05, 0.1) is 10.5 Å². The number of H-pyrrole nitrogens is 1. The average Bonchev–Trinajstić information content (AvgIpc) is 2.94. The summed E-state index contributed by atoms with van der Waals surface area (Å²) in [6.45, 7) is 1.72. The van der Waals surface area contributed by atoms with Gasteiger partial charge in [-0.15, -0.1) is 0 Å². The molecule has 90 valence electrons. The molecule has 0 bridgehead atoms. The van der Waals surface area contributed by atoms with Gasteiger partial charge in [-0.25, -0.2) is 4.98 Å². The van der Waals surface area contributed by atoms with Crippen molar-refractivity contribution in [1.29, 1.82) is 5.26 Å². The highest BCUT2D eigenvalue weighted by Crippen LogP contribution is 2.27. The largest absolute Gasteiger partial charge is 0.324 e. The van der Waals surface area contributed by atoms with Gasteiger partial charge in [0.2, 0.25) is 0 Å². The summed E-state index contributed by atoms with van der Waals surface area (Å²) < 4.78 is 0. The van der Waals surface area contributed by atoms with Crippen LogP contribution in [0.4, 0.5) is 5.00 Å². The molecule has 0 aliphatic heterocycles. The van der Waals surface area contributed by atoms with Crippen LogP contribution in [0.3, 0.4) is 0 Å². The maximum absolute atomic E-state index is 10.5. The lowest BCUT2D eigenvalue weighted by atomic mass is 10.2. The topological polar surface area (TPSA) is 108 Å². The number of hydrogen-bond acceptors (Lipinski definition) is 6. The Hall–Kier alpha value is -2.53. The lowest BCUT2D eigenvalue weighted by molar-refractivity contribution is -0.380. The predicted molar refractivity (Wildman–Crippen MR) is 65.6 cm³/mol. The fourth-order valence-corrected chi connectivity index (χ4v) is 2.04. The Morgan fingerprint density at radius 1 is 1.67 bits per heavy atom. The molecule has 2 aromatic rings. The zero-order valence-electron chi connectivity index (χ0n) is 9.25. The molecule has 0 saturated heterocycles. The second-order valence-corrected chi connectivity index (χ2v) is 4.44. The Labute approximate surface area is 106 Å². The quantitative estimate of drug-likeness (QED) is 0.517. The lowest BCUT2D eigenvalue weighted by Gasteiger charge is -1.89. The fourth-order valence-electron chi connectivity index (χ4n) is 1.27. The highest BCUT2D eigenvalue weighted by atomic mass is 32.1. The van der Waals surface area contributed by atoms with Crippen molar-refractivity contribution < 1.29 is 4.92 Å². The van der Waals surface area contributed by atoms with Crippen LogP contribution in [0.5, 0.6) is 0 Å². The normalized spacial score (nSPS) is 11.2. The van der Waals surface area contributed by atoms with E-state index in [1.165, 1.54) is 12.1 Å². The molecule has 0 fully saturated rings. The van der Waals surface area contributed by atoms with Crippen molar-refractivity contribution in [2.24, 2.45) is 0 Å². The van der Waals surface area contributed by atoms with Gasteiger partial charge in [0.1, 0.15) is 11.9 Å². The number of nitrogens with zero attached hydrogens (tertiary/aromatic N) is 4. The summed E-state index contributed by atoms with van der Waals surface area (Å²) in [5.41, 5.74) is 0.260. The van der Waals surface area contributed by atoms with Crippen LogP contribution >= 0.6 is 11.3 Å². The van der Waals surface area contributed by atoms with E-state index in [0.29, 0.717) is 10.7 Å². The van der Waals surface area contributed by atoms with Crippen molar-refractivity contribution in [3.63, 3.8) is 0 Å². The van der Waals surface area contributed by atoms with Gasteiger partial charge in [0.25, 0.3) is 0 Å². The Balaban J connectivity index is 2.35. The van der Waals surface area contributed by atoms with Gasteiger partial charge in [-0.1, -0.05) is 11.3 Å². The van der Waals surface area contributed by atoms with E-state index in [4.69, 9.17) is 5.26 Å². The van der Waals surface area contributed by atoms with Gasteiger partial charge >= 0.3 is 5.00 Å². The maximum atomic E-state index is 10.5. The Morgan fingerprint density at radius 2 is 2.44 bits per heavy atom. The Bertz CT molecular complexity index is 664. The standard InChI is InChI=1S/C10H7N5O2S/c1-6-12-10(14-13-6)7(5-11)4-8-2-3-9(18-8)15(16)17/h2-4H,1H3,(H,12,13,14)/b7-4+. The molecule has 1 N–H and O–H groups in total. The van der Waals surface area contributed by atoms with Gasteiger partial charge in [-0.3, -0.25) is 15.2 Å². The number of aromatic amines is 1. The van der Waals surface area contributed by atoms with E-state index >= 15 is 0 Å². The Kier molecular flexibility index (Phi) is 3.16. The molecule has 7 nitrogen and oxygen atoms in total. The average molecular weight is 261 g/mol. The van der Waals surface area contributed by atoms with Crippen LogP contribution in [0.25, 0.3) is 11.6 Å². The molecule has 0 amide bonds. The molecular weight excluding hydrogens is 254 g/mol. The first-order valence-electron chi connectivity index (χ1n) is 4.85. The number of hydrogen-bond donors (Lipinski definition) is 1. The minimum Gasteiger partial charge on any atom is -0.263 e. The van der Waals surface area contributed by atoms with Crippen LogP contribution in [0.1, 0.15) is 16.5 Å². The lowest BCUT2D eigenvalue weighted by Crippen LogP contribution is -1.84. The third kappa shape index (κ3) is 2.41. The SMILES string of the molecule is Cc1nc(/C(C#N)=C/c2ccc([N+](=O)[O-])s2)n[nH]1. The smallest absolute Gasteiger partial charge is 0.263 e. The van der Waals surface area contributed by atoms with Crippen LogP contribution < -0.4 is 0 Å². The van der Waals surface area contributed by atoms with E-state index in [0.717, 1.165) is 11.3 Å². The van der Waals surface area contributed by atoms with Crippen LogP contribution in [-0.4, -0.2) is 20.1 Å². The zero-order chi connectivity index (χ0) is 13.1. The molecule has 0 atom stereocenters. The number of thiophene rings is 1. The summed E-state index contributed by atoms with van der Waals surface area (Å²) in [7, 11) is 0. The molecule has 0 aliphatic rings. The van der Waals surface area contributed by atoms with E-state index in [2.05, 4.69) is 15.2 Å². The minimum absolute atomic E-state index is 0.0321. The van der Waals surface area contributed by atoms with E-state index < -0.39 is 4.92 Å². The first-order valence-corrected chi connectivity index (χ1v) is 5.67. The molecule has 0 spiro atoms. The van der Waals surface area contributed by atoms with Crippen molar-refractivity contribution in [2.45, 2.75) is 6.92 Å².